The Labute approximate surface area is 138 Å². The second-order valence-corrected chi connectivity index (χ2v) is 6.96. The summed E-state index contributed by atoms with van der Waals surface area (Å²) in [4.78, 5) is 10.9. The minimum absolute atomic E-state index is 0.532. The second kappa shape index (κ2) is 8.27. The summed E-state index contributed by atoms with van der Waals surface area (Å²) in [5.41, 5.74) is 1.02. The number of aromatic nitrogens is 1. The first-order valence-electron chi connectivity index (χ1n) is 7.75. The number of hydrogen-bond acceptors (Lipinski definition) is 4. The highest BCUT2D eigenvalue weighted by Gasteiger charge is 2.24. The molecule has 1 saturated carbocycles. The molecule has 1 aliphatic carbocycles. The molecule has 5 nitrogen and oxygen atoms in total. The number of nitrogens with zero attached hydrogens (tertiary/aromatic N) is 3. The van der Waals surface area contributed by atoms with Gasteiger partial charge in [0.05, 0.1) is 12.2 Å². The highest BCUT2D eigenvalue weighted by molar-refractivity contribution is 7.99. The van der Waals surface area contributed by atoms with Gasteiger partial charge >= 0.3 is 0 Å². The maximum Gasteiger partial charge on any atom is 0.191 e. The van der Waals surface area contributed by atoms with Crippen LogP contribution in [0.2, 0.25) is 0 Å². The van der Waals surface area contributed by atoms with Gasteiger partial charge in [0.25, 0.3) is 0 Å². The normalized spacial score (nSPS) is 21.7. The number of thioether (sulfide) groups is 1. The van der Waals surface area contributed by atoms with Crippen molar-refractivity contribution in [3.8, 4) is 0 Å². The predicted molar refractivity (Wildman–Crippen MR) is 96.8 cm³/mol. The van der Waals surface area contributed by atoms with Gasteiger partial charge in [0.2, 0.25) is 0 Å². The predicted octanol–water partition coefficient (Wildman–Crippen LogP) is 2.10. The third kappa shape index (κ3) is 4.80. The Bertz CT molecular complexity index is 503. The quantitative estimate of drug-likeness (QED) is 0.642. The molecule has 2 N–H and O–H groups in total. The molecule has 0 bridgehead atoms. The van der Waals surface area contributed by atoms with Crippen LogP contribution in [0.1, 0.15) is 25.0 Å². The molecule has 1 heterocycles. The number of aliphatic imine (C=N–C) groups is 1. The van der Waals surface area contributed by atoms with Gasteiger partial charge in [-0.25, -0.2) is 4.98 Å². The first-order chi connectivity index (χ1) is 10.6. The molecule has 1 aromatic rings. The third-order valence-electron chi connectivity index (χ3n) is 3.97. The monoisotopic (exact) mass is 321 g/mol. The smallest absolute Gasteiger partial charge is 0.191 e. The van der Waals surface area contributed by atoms with Crippen LogP contribution in [0.5, 0.6) is 0 Å². The van der Waals surface area contributed by atoms with Crippen molar-refractivity contribution >= 4 is 23.5 Å². The topological polar surface area (TPSA) is 52.6 Å². The highest BCUT2D eigenvalue weighted by Crippen LogP contribution is 2.27. The van der Waals surface area contributed by atoms with Crippen molar-refractivity contribution < 1.29 is 0 Å². The van der Waals surface area contributed by atoms with Crippen molar-refractivity contribution in [3.63, 3.8) is 0 Å². The van der Waals surface area contributed by atoms with Crippen molar-refractivity contribution in [2.45, 2.75) is 37.1 Å². The molecule has 0 amide bonds. The molecule has 0 aromatic carbocycles. The van der Waals surface area contributed by atoms with Crippen LogP contribution in [0, 0.1) is 0 Å². The van der Waals surface area contributed by atoms with E-state index in [4.69, 9.17) is 0 Å². The van der Waals surface area contributed by atoms with E-state index < -0.39 is 0 Å². The van der Waals surface area contributed by atoms with Gasteiger partial charge in [0, 0.05) is 32.4 Å². The molecule has 0 aliphatic heterocycles. The lowest BCUT2D eigenvalue weighted by Crippen LogP contribution is -2.42. The Balaban J connectivity index is 1.85. The zero-order valence-electron chi connectivity index (χ0n) is 14.0. The molecule has 1 aromatic heterocycles. The van der Waals surface area contributed by atoms with E-state index in [0.29, 0.717) is 12.6 Å². The molecule has 2 rings (SSSR count). The molecule has 1 aliphatic rings. The Morgan fingerprint density at radius 2 is 2.23 bits per heavy atom. The molecule has 0 saturated heterocycles. The maximum absolute atomic E-state index is 4.61. The number of pyridine rings is 1. The lowest BCUT2D eigenvalue weighted by molar-refractivity contribution is 0.613. The maximum atomic E-state index is 4.61. The number of hydrogen-bond donors (Lipinski definition) is 2. The van der Waals surface area contributed by atoms with E-state index in [1.54, 1.807) is 0 Å². The fourth-order valence-electron chi connectivity index (χ4n) is 2.66. The molecule has 0 radical (unpaired) electrons. The molecule has 22 heavy (non-hydrogen) atoms. The van der Waals surface area contributed by atoms with Crippen LogP contribution in [-0.2, 0) is 6.54 Å². The zero-order chi connectivity index (χ0) is 15.9. The standard InChI is InChI=1S/C16H27N5S/c1-17-16(20-12-8-9-14(10-12)22-4)18-11-13-6-5-7-15(19-13)21(2)3/h5-7,12,14H,8-11H2,1-4H3,(H2,17,18,20). The van der Waals surface area contributed by atoms with E-state index in [1.165, 1.54) is 19.3 Å². The van der Waals surface area contributed by atoms with Crippen LogP contribution in [0.4, 0.5) is 5.82 Å². The molecule has 122 valence electrons. The van der Waals surface area contributed by atoms with Crippen LogP contribution in [0.25, 0.3) is 0 Å². The lowest BCUT2D eigenvalue weighted by Gasteiger charge is -2.18. The molecule has 1 fully saturated rings. The molecule has 0 spiro atoms. The Hall–Kier alpha value is -1.43. The van der Waals surface area contributed by atoms with E-state index in [-0.39, 0.29) is 0 Å². The third-order valence-corrected chi connectivity index (χ3v) is 5.06. The van der Waals surface area contributed by atoms with Gasteiger partial charge < -0.3 is 15.5 Å². The van der Waals surface area contributed by atoms with Crippen molar-refractivity contribution in [3.05, 3.63) is 23.9 Å². The van der Waals surface area contributed by atoms with Gasteiger partial charge in [-0.2, -0.15) is 11.8 Å². The molecule has 2 unspecified atom stereocenters. The van der Waals surface area contributed by atoms with Crippen LogP contribution >= 0.6 is 11.8 Å². The van der Waals surface area contributed by atoms with Gasteiger partial charge in [-0.1, -0.05) is 6.07 Å². The number of anilines is 1. The van der Waals surface area contributed by atoms with Crippen molar-refractivity contribution in [2.75, 3.05) is 32.3 Å². The molecular weight excluding hydrogens is 294 g/mol. The number of rotatable bonds is 5. The summed E-state index contributed by atoms with van der Waals surface area (Å²) in [7, 11) is 5.82. The Morgan fingerprint density at radius 1 is 1.41 bits per heavy atom. The molecular formula is C16H27N5S. The highest BCUT2D eigenvalue weighted by atomic mass is 32.2. The summed E-state index contributed by atoms with van der Waals surface area (Å²) in [5, 5.41) is 7.67. The molecule has 6 heteroatoms. The van der Waals surface area contributed by atoms with Crippen LogP contribution in [0.3, 0.4) is 0 Å². The van der Waals surface area contributed by atoms with E-state index in [1.807, 2.05) is 56.0 Å². The summed E-state index contributed by atoms with van der Waals surface area (Å²) in [5.74, 6) is 1.84. The summed E-state index contributed by atoms with van der Waals surface area (Å²) in [6.45, 7) is 0.681. The van der Waals surface area contributed by atoms with Crippen molar-refractivity contribution in [1.82, 2.24) is 15.6 Å². The van der Waals surface area contributed by atoms with Crippen LogP contribution in [0.15, 0.2) is 23.2 Å². The summed E-state index contributed by atoms with van der Waals surface area (Å²) >= 11 is 1.97. The van der Waals surface area contributed by atoms with E-state index in [2.05, 4.69) is 26.9 Å². The summed E-state index contributed by atoms with van der Waals surface area (Å²) in [6, 6.07) is 6.62. The number of guanidine groups is 1. The van der Waals surface area contributed by atoms with Crippen molar-refractivity contribution in [2.24, 2.45) is 4.99 Å². The van der Waals surface area contributed by atoms with E-state index in [0.717, 1.165) is 22.7 Å². The summed E-state index contributed by atoms with van der Waals surface area (Å²) in [6.07, 6.45) is 5.93. The van der Waals surface area contributed by atoms with Gasteiger partial charge in [-0.05, 0) is 37.7 Å². The minimum atomic E-state index is 0.532. The fraction of sp³-hybridized carbons (Fsp3) is 0.625. The van der Waals surface area contributed by atoms with E-state index >= 15 is 0 Å². The van der Waals surface area contributed by atoms with Gasteiger partial charge in [0.1, 0.15) is 5.82 Å². The Kier molecular flexibility index (Phi) is 6.36. The first-order valence-corrected chi connectivity index (χ1v) is 9.04. The number of nitrogens with one attached hydrogen (secondary N) is 2. The van der Waals surface area contributed by atoms with Crippen molar-refractivity contribution in [1.29, 1.82) is 0 Å². The second-order valence-electron chi connectivity index (χ2n) is 5.82. The SMILES string of the molecule is CN=C(NCc1cccc(N(C)C)n1)NC1CCC(SC)C1. The largest absolute Gasteiger partial charge is 0.363 e. The average molecular weight is 321 g/mol. The fourth-order valence-corrected chi connectivity index (χ4v) is 3.46. The van der Waals surface area contributed by atoms with Gasteiger partial charge in [-0.3, -0.25) is 4.99 Å². The van der Waals surface area contributed by atoms with Crippen LogP contribution < -0.4 is 15.5 Å². The zero-order valence-corrected chi connectivity index (χ0v) is 14.8. The van der Waals surface area contributed by atoms with E-state index in [9.17, 15) is 0 Å². The van der Waals surface area contributed by atoms with Gasteiger partial charge in [0.15, 0.2) is 5.96 Å². The first kappa shape index (κ1) is 16.9. The van der Waals surface area contributed by atoms with Gasteiger partial charge in [-0.15, -0.1) is 0 Å². The minimum Gasteiger partial charge on any atom is -0.363 e. The Morgan fingerprint density at radius 3 is 2.86 bits per heavy atom. The average Bonchev–Trinajstić information content (AvgIpc) is 2.99. The lowest BCUT2D eigenvalue weighted by atomic mass is 10.2. The summed E-state index contributed by atoms with van der Waals surface area (Å²) < 4.78 is 0. The van der Waals surface area contributed by atoms with Crippen LogP contribution in [-0.4, -0.2) is 49.6 Å². The molecule has 2 atom stereocenters.